The summed E-state index contributed by atoms with van der Waals surface area (Å²) in [7, 11) is 2.19. The zero-order chi connectivity index (χ0) is 18.4. The van der Waals surface area contributed by atoms with Crippen LogP contribution in [0.2, 0.25) is 0 Å². The summed E-state index contributed by atoms with van der Waals surface area (Å²) in [5.41, 5.74) is 7.33. The van der Waals surface area contributed by atoms with Gasteiger partial charge in [0.25, 0.3) is 0 Å². The lowest BCUT2D eigenvalue weighted by Crippen LogP contribution is -2.43. The summed E-state index contributed by atoms with van der Waals surface area (Å²) in [6.45, 7) is 5.54. The smallest absolute Gasteiger partial charge is 0.160 e. The van der Waals surface area contributed by atoms with E-state index in [4.69, 9.17) is 0 Å². The summed E-state index contributed by atoms with van der Waals surface area (Å²) in [6, 6.07) is 10.7. The average Bonchev–Trinajstić information content (AvgIpc) is 3.38. The molecule has 2 aliphatic rings. The number of fused-ring (bicyclic) bond motifs is 3. The molecule has 1 N–H and O–H groups in total. The number of rotatable bonds is 4. The van der Waals surface area contributed by atoms with Crippen LogP contribution in [0.1, 0.15) is 26.4 Å². The van der Waals surface area contributed by atoms with E-state index in [0.717, 1.165) is 66.6 Å². The van der Waals surface area contributed by atoms with Gasteiger partial charge in [0.2, 0.25) is 0 Å². The zero-order valence-corrected chi connectivity index (χ0v) is 16.2. The highest BCUT2D eigenvalue weighted by atomic mass is 32.1. The maximum atomic E-state index is 11.0. The number of aromatic nitrogens is 2. The molecule has 0 atom stereocenters. The number of nitrogens with zero attached hydrogens (tertiary/aromatic N) is 3. The first kappa shape index (κ1) is 16.9. The van der Waals surface area contributed by atoms with Crippen LogP contribution in [0.3, 0.4) is 0 Å². The van der Waals surface area contributed by atoms with Crippen molar-refractivity contribution in [3.8, 4) is 21.8 Å². The summed E-state index contributed by atoms with van der Waals surface area (Å²) in [5.74, 6) is 0. The second-order valence-electron chi connectivity index (χ2n) is 7.49. The number of carbonyl (C=O) groups excluding carboxylic acids is 1. The first-order valence-corrected chi connectivity index (χ1v) is 10.2. The fourth-order valence-electron chi connectivity index (χ4n) is 4.07. The van der Waals surface area contributed by atoms with Crippen molar-refractivity contribution in [3.63, 3.8) is 0 Å². The van der Waals surface area contributed by atoms with Crippen LogP contribution in [-0.4, -0.2) is 59.5 Å². The number of benzene rings is 1. The minimum Gasteiger partial charge on any atom is -0.304 e. The van der Waals surface area contributed by atoms with Crippen LogP contribution < -0.4 is 0 Å². The molecule has 3 heterocycles. The van der Waals surface area contributed by atoms with Crippen LogP contribution in [0.25, 0.3) is 21.8 Å². The number of piperazine rings is 1. The van der Waals surface area contributed by atoms with Crippen LogP contribution in [0, 0.1) is 0 Å². The number of nitrogens with one attached hydrogen (secondary N) is 1. The number of thiophene rings is 1. The lowest BCUT2D eigenvalue weighted by molar-refractivity contribution is 0.112. The van der Waals surface area contributed by atoms with Gasteiger partial charge in [0.05, 0.1) is 21.1 Å². The number of H-pyrrole nitrogens is 1. The molecule has 0 amide bonds. The van der Waals surface area contributed by atoms with Crippen LogP contribution in [0.5, 0.6) is 0 Å². The molecule has 1 aliphatic carbocycles. The van der Waals surface area contributed by atoms with Crippen LogP contribution >= 0.6 is 11.3 Å². The number of hydrogen-bond donors (Lipinski definition) is 1. The van der Waals surface area contributed by atoms with E-state index in [1.807, 2.05) is 12.1 Å². The van der Waals surface area contributed by atoms with Gasteiger partial charge in [0.1, 0.15) is 0 Å². The molecule has 1 aromatic carbocycles. The number of aldehydes is 1. The van der Waals surface area contributed by atoms with Gasteiger partial charge in [-0.05, 0) is 36.4 Å². The van der Waals surface area contributed by atoms with E-state index < -0.39 is 0 Å². The van der Waals surface area contributed by atoms with Gasteiger partial charge in [-0.2, -0.15) is 5.10 Å². The van der Waals surface area contributed by atoms with Gasteiger partial charge in [0, 0.05) is 50.3 Å². The number of hydrogen-bond acceptors (Lipinski definition) is 5. The molecule has 6 heteroatoms. The van der Waals surface area contributed by atoms with Crippen LogP contribution in [0.15, 0.2) is 30.3 Å². The Hall–Kier alpha value is -2.28. The molecule has 27 heavy (non-hydrogen) atoms. The van der Waals surface area contributed by atoms with Gasteiger partial charge in [-0.1, -0.05) is 12.1 Å². The fourth-order valence-corrected chi connectivity index (χ4v) is 4.91. The van der Waals surface area contributed by atoms with Gasteiger partial charge in [-0.25, -0.2) is 0 Å². The second-order valence-corrected chi connectivity index (χ2v) is 8.61. The molecule has 1 fully saturated rings. The van der Waals surface area contributed by atoms with Crippen molar-refractivity contribution >= 4 is 17.6 Å². The third-order valence-corrected chi connectivity index (χ3v) is 6.68. The van der Waals surface area contributed by atoms with Gasteiger partial charge in [-0.15, -0.1) is 11.3 Å². The van der Waals surface area contributed by atoms with E-state index in [-0.39, 0.29) is 0 Å². The van der Waals surface area contributed by atoms with Crippen molar-refractivity contribution < 1.29 is 4.79 Å². The first-order chi connectivity index (χ1) is 13.2. The monoisotopic (exact) mass is 378 g/mol. The highest BCUT2D eigenvalue weighted by Crippen LogP contribution is 2.41. The summed E-state index contributed by atoms with van der Waals surface area (Å²) in [6.07, 6.45) is 1.81. The Morgan fingerprint density at radius 2 is 2.04 bits per heavy atom. The minimum absolute atomic E-state index is 0.748. The third kappa shape index (κ3) is 3.04. The predicted octanol–water partition coefficient (Wildman–Crippen LogP) is 3.27. The molecule has 2 aromatic heterocycles. The molecular formula is C21H22N4OS. The van der Waals surface area contributed by atoms with E-state index in [1.165, 1.54) is 33.6 Å². The van der Waals surface area contributed by atoms with Crippen molar-refractivity contribution in [2.45, 2.75) is 13.0 Å². The molecule has 3 aromatic rings. The number of carbonyl (C=O) groups is 1. The Labute approximate surface area is 162 Å². The Bertz CT molecular complexity index is 998. The SMILES string of the molecule is CN1CCN(Cc2ccc3c(c2)-c2n[nH]c(-c4ccc(C=O)s4)c2C3)CC1. The van der Waals surface area contributed by atoms with Gasteiger partial charge < -0.3 is 4.90 Å². The van der Waals surface area contributed by atoms with E-state index in [9.17, 15) is 4.79 Å². The maximum absolute atomic E-state index is 11.0. The summed E-state index contributed by atoms with van der Waals surface area (Å²) >= 11 is 1.51. The average molecular weight is 379 g/mol. The topological polar surface area (TPSA) is 52.2 Å². The van der Waals surface area contributed by atoms with E-state index in [1.54, 1.807) is 0 Å². The Kier molecular flexibility index (Phi) is 4.19. The van der Waals surface area contributed by atoms with Crippen molar-refractivity contribution in [1.82, 2.24) is 20.0 Å². The lowest BCUT2D eigenvalue weighted by atomic mass is 10.0. The van der Waals surface area contributed by atoms with Gasteiger partial charge in [-0.3, -0.25) is 14.8 Å². The lowest BCUT2D eigenvalue weighted by Gasteiger charge is -2.32. The first-order valence-electron chi connectivity index (χ1n) is 9.37. The Morgan fingerprint density at radius 1 is 1.19 bits per heavy atom. The number of aromatic amines is 1. The fraction of sp³-hybridized carbons (Fsp3) is 0.333. The van der Waals surface area contributed by atoms with E-state index >= 15 is 0 Å². The Morgan fingerprint density at radius 3 is 2.81 bits per heavy atom. The molecule has 0 saturated carbocycles. The maximum Gasteiger partial charge on any atom is 0.160 e. The largest absolute Gasteiger partial charge is 0.304 e. The van der Waals surface area contributed by atoms with Gasteiger partial charge in [0.15, 0.2) is 6.29 Å². The molecule has 0 unspecified atom stereocenters. The summed E-state index contributed by atoms with van der Waals surface area (Å²) in [4.78, 5) is 17.7. The number of likely N-dealkylation sites (N-methyl/N-ethyl adjacent to an activating group) is 1. The van der Waals surface area contributed by atoms with Gasteiger partial charge >= 0.3 is 0 Å². The molecular weight excluding hydrogens is 356 g/mol. The minimum atomic E-state index is 0.748. The van der Waals surface area contributed by atoms with Crippen molar-refractivity contribution in [1.29, 1.82) is 0 Å². The van der Waals surface area contributed by atoms with Crippen molar-refractivity contribution in [3.05, 3.63) is 51.9 Å². The van der Waals surface area contributed by atoms with Crippen LogP contribution in [-0.2, 0) is 13.0 Å². The predicted molar refractivity (Wildman–Crippen MR) is 108 cm³/mol. The zero-order valence-electron chi connectivity index (χ0n) is 15.4. The highest BCUT2D eigenvalue weighted by Gasteiger charge is 2.26. The summed E-state index contributed by atoms with van der Waals surface area (Å²) in [5, 5.41) is 7.83. The standard InChI is InChI=1S/C21H22N4OS/c1-24-6-8-25(9-7-24)12-14-2-3-15-11-18-20(17(15)10-14)22-23-21(18)19-5-4-16(13-26)27-19/h2-5,10,13H,6-9,11-12H2,1H3,(H,22,23). The molecule has 1 saturated heterocycles. The molecule has 5 nitrogen and oxygen atoms in total. The molecule has 0 radical (unpaired) electrons. The van der Waals surface area contributed by atoms with Crippen molar-refractivity contribution in [2.24, 2.45) is 0 Å². The normalized spacial score (nSPS) is 17.1. The molecule has 0 bridgehead atoms. The molecule has 5 rings (SSSR count). The van der Waals surface area contributed by atoms with Crippen LogP contribution in [0.4, 0.5) is 0 Å². The third-order valence-electron chi connectivity index (χ3n) is 5.66. The highest BCUT2D eigenvalue weighted by molar-refractivity contribution is 7.17. The summed E-state index contributed by atoms with van der Waals surface area (Å²) < 4.78 is 0. The quantitative estimate of drug-likeness (QED) is 0.554. The van der Waals surface area contributed by atoms with Crippen molar-refractivity contribution in [2.75, 3.05) is 33.2 Å². The molecule has 138 valence electrons. The van der Waals surface area contributed by atoms with E-state index in [0.29, 0.717) is 0 Å². The molecule has 0 spiro atoms. The Balaban J connectivity index is 1.42. The van der Waals surface area contributed by atoms with E-state index in [2.05, 4.69) is 45.2 Å². The molecule has 1 aliphatic heterocycles. The second kappa shape index (κ2) is 6.71.